The van der Waals surface area contributed by atoms with Gasteiger partial charge >= 0.3 is 5.97 Å². The maximum Gasteiger partial charge on any atom is 0.309 e. The van der Waals surface area contributed by atoms with E-state index in [9.17, 15) is 4.79 Å². The van der Waals surface area contributed by atoms with Crippen molar-refractivity contribution in [1.29, 1.82) is 0 Å². The normalized spacial score (nSPS) is 27.7. The Balaban J connectivity index is 2.45. The molecule has 1 fully saturated rings. The van der Waals surface area contributed by atoms with Crippen molar-refractivity contribution >= 4 is 30.4 Å². The second-order valence-corrected chi connectivity index (χ2v) is 6.55. The maximum absolute atomic E-state index is 11.5. The van der Waals surface area contributed by atoms with Crippen LogP contribution in [0.4, 0.5) is 0 Å². The molecule has 0 bridgehead atoms. The molecule has 14 heavy (non-hydrogen) atoms. The van der Waals surface area contributed by atoms with Gasteiger partial charge in [0.15, 0.2) is 0 Å². The molecule has 1 rings (SSSR count). The molecule has 0 aromatic rings. The number of hydrogen-bond acceptors (Lipinski definition) is 4. The Morgan fingerprint density at radius 2 is 2.29 bits per heavy atom. The van der Waals surface area contributed by atoms with Gasteiger partial charge in [-0.05, 0) is 27.2 Å². The highest BCUT2D eigenvalue weighted by atomic mass is 32.2. The van der Waals surface area contributed by atoms with Gasteiger partial charge in [-0.25, -0.2) is 0 Å². The summed E-state index contributed by atoms with van der Waals surface area (Å²) < 4.78 is 5.00. The summed E-state index contributed by atoms with van der Waals surface area (Å²) >= 11 is 6.37. The molecule has 1 aliphatic rings. The molecule has 4 heteroatoms. The third-order valence-corrected chi connectivity index (χ3v) is 4.67. The maximum atomic E-state index is 11.5. The zero-order chi connectivity index (χ0) is 10.8. The summed E-state index contributed by atoms with van der Waals surface area (Å²) in [4.78, 5) is 11.5. The van der Waals surface area contributed by atoms with Crippen molar-refractivity contribution in [2.24, 2.45) is 5.92 Å². The Morgan fingerprint density at radius 3 is 2.71 bits per heavy atom. The highest BCUT2D eigenvalue weighted by molar-refractivity contribution is 8.01. The van der Waals surface area contributed by atoms with E-state index >= 15 is 0 Å². The average Bonchev–Trinajstić information content (AvgIpc) is 2.51. The first-order valence-corrected chi connectivity index (χ1v) is 6.45. The van der Waals surface area contributed by atoms with Crippen molar-refractivity contribution in [2.45, 2.75) is 37.2 Å². The first-order valence-electron chi connectivity index (χ1n) is 4.95. The van der Waals surface area contributed by atoms with Crippen molar-refractivity contribution in [1.82, 2.24) is 0 Å². The van der Waals surface area contributed by atoms with Crippen LogP contribution in [0.25, 0.3) is 0 Å². The first-order chi connectivity index (χ1) is 6.45. The molecule has 0 spiro atoms. The Morgan fingerprint density at radius 1 is 1.64 bits per heavy atom. The van der Waals surface area contributed by atoms with Gasteiger partial charge in [0.05, 0.1) is 12.5 Å². The van der Waals surface area contributed by atoms with E-state index in [4.69, 9.17) is 4.74 Å². The minimum absolute atomic E-state index is 0.00802. The molecule has 0 aromatic heterocycles. The highest BCUT2D eigenvalue weighted by Crippen LogP contribution is 2.40. The van der Waals surface area contributed by atoms with E-state index in [1.54, 1.807) is 0 Å². The van der Waals surface area contributed by atoms with E-state index in [2.05, 4.69) is 26.5 Å². The molecule has 0 saturated carbocycles. The van der Waals surface area contributed by atoms with Gasteiger partial charge < -0.3 is 4.74 Å². The van der Waals surface area contributed by atoms with Gasteiger partial charge in [0.25, 0.3) is 0 Å². The Kier molecular flexibility index (Phi) is 4.19. The third-order valence-electron chi connectivity index (χ3n) is 2.41. The van der Waals surface area contributed by atoms with Gasteiger partial charge in [-0.1, -0.05) is 0 Å². The second kappa shape index (κ2) is 4.79. The molecule has 82 valence electrons. The summed E-state index contributed by atoms with van der Waals surface area (Å²) in [7, 11) is 0. The van der Waals surface area contributed by atoms with Crippen LogP contribution in [0.15, 0.2) is 0 Å². The van der Waals surface area contributed by atoms with E-state index in [1.807, 2.05) is 18.7 Å². The fourth-order valence-corrected chi connectivity index (χ4v) is 3.39. The molecule has 0 aliphatic carbocycles. The zero-order valence-corrected chi connectivity index (χ0v) is 10.7. The van der Waals surface area contributed by atoms with Crippen molar-refractivity contribution in [3.05, 3.63) is 0 Å². The fraction of sp³-hybridized carbons (Fsp3) is 0.900. The van der Waals surface area contributed by atoms with E-state index < -0.39 is 0 Å². The van der Waals surface area contributed by atoms with E-state index in [-0.39, 0.29) is 16.6 Å². The largest absolute Gasteiger partial charge is 0.466 e. The van der Waals surface area contributed by atoms with Gasteiger partial charge in [-0.15, -0.1) is 0 Å². The van der Waals surface area contributed by atoms with Crippen LogP contribution < -0.4 is 0 Å². The lowest BCUT2D eigenvalue weighted by molar-refractivity contribution is -0.147. The molecular weight excluding hydrogens is 216 g/mol. The van der Waals surface area contributed by atoms with Crippen LogP contribution in [-0.2, 0) is 9.53 Å². The van der Waals surface area contributed by atoms with Gasteiger partial charge in [-0.2, -0.15) is 24.4 Å². The highest BCUT2D eigenvalue weighted by Gasteiger charge is 2.38. The van der Waals surface area contributed by atoms with E-state index in [1.165, 1.54) is 0 Å². The molecule has 0 radical (unpaired) electrons. The van der Waals surface area contributed by atoms with Crippen molar-refractivity contribution in [2.75, 3.05) is 12.4 Å². The standard InChI is InChI=1S/C10H18O2S2/c1-4-12-9(11)7-5-8(14-6-7)10(2,3)13/h7-8,13H,4-6H2,1-3H3. The molecule has 0 aromatic carbocycles. The van der Waals surface area contributed by atoms with Crippen LogP contribution in [0.1, 0.15) is 27.2 Å². The Labute approximate surface area is 95.6 Å². The summed E-state index contributed by atoms with van der Waals surface area (Å²) in [6, 6.07) is 0. The first kappa shape index (κ1) is 12.2. The zero-order valence-electron chi connectivity index (χ0n) is 8.95. The summed E-state index contributed by atoms with van der Waals surface area (Å²) in [5.74, 6) is 0.921. The minimum atomic E-state index is -0.0416. The number of carbonyl (C=O) groups excluding carboxylic acids is 1. The number of carbonyl (C=O) groups is 1. The summed E-state index contributed by atoms with van der Waals surface area (Å²) in [5, 5.41) is 0.459. The number of hydrogen-bond donors (Lipinski definition) is 1. The molecular formula is C10H18O2S2. The SMILES string of the molecule is CCOC(=O)C1CSC(C(C)(C)S)C1. The predicted octanol–water partition coefficient (Wildman–Crippen LogP) is 2.38. The number of esters is 1. The second-order valence-electron chi connectivity index (χ2n) is 4.16. The smallest absolute Gasteiger partial charge is 0.309 e. The van der Waals surface area contributed by atoms with Crippen LogP contribution in [-0.4, -0.2) is 28.3 Å². The summed E-state index contributed by atoms with van der Waals surface area (Å²) in [6.07, 6.45) is 0.903. The monoisotopic (exact) mass is 234 g/mol. The molecule has 1 heterocycles. The van der Waals surface area contributed by atoms with Crippen LogP contribution in [0.2, 0.25) is 0 Å². The van der Waals surface area contributed by atoms with Crippen LogP contribution in [0.5, 0.6) is 0 Å². The molecule has 2 nitrogen and oxygen atoms in total. The van der Waals surface area contributed by atoms with Crippen molar-refractivity contribution in [3.63, 3.8) is 0 Å². The van der Waals surface area contributed by atoms with E-state index in [0.29, 0.717) is 11.9 Å². The van der Waals surface area contributed by atoms with Gasteiger partial charge in [0.2, 0.25) is 0 Å². The number of thioether (sulfide) groups is 1. The average molecular weight is 234 g/mol. The number of rotatable bonds is 3. The molecule has 0 N–H and O–H groups in total. The third kappa shape index (κ3) is 3.09. The Hall–Kier alpha value is 0.170. The summed E-state index contributed by atoms with van der Waals surface area (Å²) in [5.41, 5.74) is 0. The number of ether oxygens (including phenoxy) is 1. The molecule has 2 atom stereocenters. The van der Waals surface area contributed by atoms with Gasteiger partial charge in [-0.3, -0.25) is 4.79 Å². The lowest BCUT2D eigenvalue weighted by atomic mass is 9.99. The minimum Gasteiger partial charge on any atom is -0.466 e. The molecule has 1 aliphatic heterocycles. The lowest BCUT2D eigenvalue weighted by Crippen LogP contribution is -2.27. The van der Waals surface area contributed by atoms with Crippen LogP contribution in [0.3, 0.4) is 0 Å². The Bertz CT molecular complexity index is 211. The van der Waals surface area contributed by atoms with Crippen LogP contribution >= 0.6 is 24.4 Å². The lowest BCUT2D eigenvalue weighted by Gasteiger charge is -2.24. The van der Waals surface area contributed by atoms with Crippen molar-refractivity contribution in [3.8, 4) is 0 Å². The molecule has 0 amide bonds. The van der Waals surface area contributed by atoms with Gasteiger partial charge in [0, 0.05) is 15.7 Å². The van der Waals surface area contributed by atoms with Gasteiger partial charge in [0.1, 0.15) is 0 Å². The fourth-order valence-electron chi connectivity index (χ4n) is 1.54. The summed E-state index contributed by atoms with van der Waals surface area (Å²) in [6.45, 7) is 6.53. The molecule has 1 saturated heterocycles. The topological polar surface area (TPSA) is 26.3 Å². The predicted molar refractivity (Wildman–Crippen MR) is 64.1 cm³/mol. The molecule has 2 unspecified atom stereocenters. The van der Waals surface area contributed by atoms with E-state index in [0.717, 1.165) is 12.2 Å². The van der Waals surface area contributed by atoms with Crippen molar-refractivity contribution < 1.29 is 9.53 Å². The quantitative estimate of drug-likeness (QED) is 0.600. The number of thiol groups is 1. The van der Waals surface area contributed by atoms with Crippen LogP contribution in [0, 0.1) is 5.92 Å².